The number of nitrogens with one attached hydrogen (secondary N) is 1. The predicted octanol–water partition coefficient (Wildman–Crippen LogP) is 3.18. The SMILES string of the molecule is N#Cc1cc(C(F)(F)F)ccc1NCc1ccon1. The standard InChI is InChI=1S/C12H8F3N3O/c13-12(14,15)9-1-2-11(8(5-9)6-16)17-7-10-3-4-19-18-10/h1-5,17H,7H2. The Bertz CT molecular complexity index is 600. The molecule has 1 heterocycles. The van der Waals surface area contributed by atoms with E-state index in [0.29, 0.717) is 11.4 Å². The van der Waals surface area contributed by atoms with E-state index < -0.39 is 11.7 Å². The number of benzene rings is 1. The number of rotatable bonds is 3. The van der Waals surface area contributed by atoms with Crippen molar-refractivity contribution in [2.45, 2.75) is 12.7 Å². The number of nitriles is 1. The summed E-state index contributed by atoms with van der Waals surface area (Å²) < 4.78 is 42.1. The first-order valence-corrected chi connectivity index (χ1v) is 5.25. The van der Waals surface area contributed by atoms with E-state index >= 15 is 0 Å². The van der Waals surface area contributed by atoms with Crippen molar-refractivity contribution in [3.8, 4) is 6.07 Å². The molecule has 2 rings (SSSR count). The smallest absolute Gasteiger partial charge is 0.378 e. The lowest BCUT2D eigenvalue weighted by molar-refractivity contribution is -0.137. The van der Waals surface area contributed by atoms with Crippen molar-refractivity contribution in [2.24, 2.45) is 0 Å². The molecule has 0 radical (unpaired) electrons. The lowest BCUT2D eigenvalue weighted by Gasteiger charge is -2.10. The minimum atomic E-state index is -4.46. The maximum absolute atomic E-state index is 12.5. The highest BCUT2D eigenvalue weighted by Crippen LogP contribution is 2.31. The molecule has 0 saturated heterocycles. The zero-order valence-electron chi connectivity index (χ0n) is 9.53. The van der Waals surface area contributed by atoms with E-state index in [-0.39, 0.29) is 12.1 Å². The summed E-state index contributed by atoms with van der Waals surface area (Å²) in [5.41, 5.74) is -0.0170. The third kappa shape index (κ3) is 3.04. The quantitative estimate of drug-likeness (QED) is 0.927. The van der Waals surface area contributed by atoms with Gasteiger partial charge in [-0.1, -0.05) is 5.16 Å². The number of nitrogens with zero attached hydrogens (tertiary/aromatic N) is 2. The topological polar surface area (TPSA) is 61.9 Å². The van der Waals surface area contributed by atoms with Gasteiger partial charge in [0.1, 0.15) is 18.0 Å². The molecule has 1 N–H and O–H groups in total. The second kappa shape index (κ2) is 5.02. The van der Waals surface area contributed by atoms with Crippen LogP contribution in [-0.4, -0.2) is 5.16 Å². The molecule has 0 atom stereocenters. The summed E-state index contributed by atoms with van der Waals surface area (Å²) in [6.45, 7) is 0.260. The summed E-state index contributed by atoms with van der Waals surface area (Å²) in [6, 6.07) is 6.30. The van der Waals surface area contributed by atoms with Gasteiger partial charge >= 0.3 is 6.18 Å². The average molecular weight is 267 g/mol. The number of hydrogen-bond donors (Lipinski definition) is 1. The highest BCUT2D eigenvalue weighted by Gasteiger charge is 2.31. The fraction of sp³-hybridized carbons (Fsp3) is 0.167. The van der Waals surface area contributed by atoms with Gasteiger partial charge in [-0.05, 0) is 18.2 Å². The summed E-state index contributed by atoms with van der Waals surface area (Å²) in [4.78, 5) is 0. The molecule has 0 aliphatic carbocycles. The first kappa shape index (κ1) is 13.0. The van der Waals surface area contributed by atoms with Crippen LogP contribution in [0.4, 0.5) is 18.9 Å². The van der Waals surface area contributed by atoms with E-state index in [1.54, 1.807) is 12.1 Å². The third-order valence-electron chi connectivity index (χ3n) is 2.42. The number of aromatic nitrogens is 1. The van der Waals surface area contributed by atoms with Gasteiger partial charge in [0.25, 0.3) is 0 Å². The molecule has 1 aromatic heterocycles. The molecular formula is C12H8F3N3O. The first-order valence-electron chi connectivity index (χ1n) is 5.25. The van der Waals surface area contributed by atoms with Crippen LogP contribution >= 0.6 is 0 Å². The van der Waals surface area contributed by atoms with E-state index in [1.165, 1.54) is 12.3 Å². The van der Waals surface area contributed by atoms with Crippen molar-refractivity contribution in [1.29, 1.82) is 5.26 Å². The Kier molecular flexibility index (Phi) is 3.42. The van der Waals surface area contributed by atoms with E-state index in [2.05, 4.69) is 15.0 Å². The van der Waals surface area contributed by atoms with Crippen molar-refractivity contribution in [3.63, 3.8) is 0 Å². The molecular weight excluding hydrogens is 259 g/mol. The van der Waals surface area contributed by atoms with Crippen LogP contribution in [0.3, 0.4) is 0 Å². The third-order valence-corrected chi connectivity index (χ3v) is 2.42. The van der Waals surface area contributed by atoms with Crippen LogP contribution in [0, 0.1) is 11.3 Å². The van der Waals surface area contributed by atoms with Crippen molar-refractivity contribution in [3.05, 3.63) is 47.3 Å². The Labute approximate surface area is 106 Å². The summed E-state index contributed by atoms with van der Waals surface area (Å²) in [5.74, 6) is 0. The number of halogens is 3. The zero-order chi connectivity index (χ0) is 13.9. The van der Waals surface area contributed by atoms with Gasteiger partial charge < -0.3 is 9.84 Å². The Hall–Kier alpha value is -2.49. The van der Waals surface area contributed by atoms with Crippen LogP contribution in [0.1, 0.15) is 16.8 Å². The minimum absolute atomic E-state index is 0.0710. The molecule has 19 heavy (non-hydrogen) atoms. The molecule has 0 aliphatic heterocycles. The molecule has 0 bridgehead atoms. The molecule has 0 spiro atoms. The molecule has 2 aromatic rings. The summed E-state index contributed by atoms with van der Waals surface area (Å²) in [7, 11) is 0. The van der Waals surface area contributed by atoms with Crippen LogP contribution in [0.2, 0.25) is 0 Å². The van der Waals surface area contributed by atoms with Crippen molar-refractivity contribution >= 4 is 5.69 Å². The van der Waals surface area contributed by atoms with Gasteiger partial charge in [-0.3, -0.25) is 0 Å². The van der Waals surface area contributed by atoms with E-state index in [1.807, 2.05) is 0 Å². The second-order valence-corrected chi connectivity index (χ2v) is 3.71. The minimum Gasteiger partial charge on any atom is -0.378 e. The Morgan fingerprint density at radius 3 is 2.68 bits per heavy atom. The van der Waals surface area contributed by atoms with Gasteiger partial charge in [0, 0.05) is 6.07 Å². The lowest BCUT2D eigenvalue weighted by atomic mass is 10.1. The summed E-state index contributed by atoms with van der Waals surface area (Å²) in [6.07, 6.45) is -3.08. The second-order valence-electron chi connectivity index (χ2n) is 3.71. The van der Waals surface area contributed by atoms with Crippen molar-refractivity contribution < 1.29 is 17.7 Å². The fourth-order valence-electron chi connectivity index (χ4n) is 1.48. The maximum atomic E-state index is 12.5. The van der Waals surface area contributed by atoms with E-state index in [4.69, 9.17) is 5.26 Å². The Balaban J connectivity index is 2.20. The molecule has 0 unspecified atom stereocenters. The largest absolute Gasteiger partial charge is 0.416 e. The number of hydrogen-bond acceptors (Lipinski definition) is 4. The normalized spacial score (nSPS) is 11.1. The Morgan fingerprint density at radius 1 is 1.32 bits per heavy atom. The van der Waals surface area contributed by atoms with Crippen LogP contribution in [-0.2, 0) is 12.7 Å². The lowest BCUT2D eigenvalue weighted by Crippen LogP contribution is -2.07. The molecule has 4 nitrogen and oxygen atoms in total. The first-order chi connectivity index (χ1) is 9.00. The van der Waals surface area contributed by atoms with Crippen LogP contribution in [0.25, 0.3) is 0 Å². The molecule has 7 heteroatoms. The van der Waals surface area contributed by atoms with Crippen LogP contribution in [0.15, 0.2) is 35.1 Å². The Morgan fingerprint density at radius 2 is 2.11 bits per heavy atom. The predicted molar refractivity (Wildman–Crippen MR) is 60.0 cm³/mol. The van der Waals surface area contributed by atoms with Crippen LogP contribution in [0.5, 0.6) is 0 Å². The fourth-order valence-corrected chi connectivity index (χ4v) is 1.48. The molecule has 0 saturated carbocycles. The van der Waals surface area contributed by atoms with E-state index in [9.17, 15) is 13.2 Å². The number of anilines is 1. The van der Waals surface area contributed by atoms with Gasteiger partial charge in [-0.2, -0.15) is 18.4 Å². The van der Waals surface area contributed by atoms with Crippen LogP contribution < -0.4 is 5.32 Å². The molecule has 0 amide bonds. The molecule has 1 aromatic carbocycles. The highest BCUT2D eigenvalue weighted by molar-refractivity contribution is 5.59. The molecule has 0 fully saturated rings. The molecule has 98 valence electrons. The van der Waals surface area contributed by atoms with Crippen molar-refractivity contribution in [1.82, 2.24) is 5.16 Å². The van der Waals surface area contributed by atoms with Gasteiger partial charge in [0.05, 0.1) is 23.4 Å². The molecule has 0 aliphatic rings. The van der Waals surface area contributed by atoms with Crippen molar-refractivity contribution in [2.75, 3.05) is 5.32 Å². The maximum Gasteiger partial charge on any atom is 0.416 e. The van der Waals surface area contributed by atoms with Gasteiger partial charge in [0.15, 0.2) is 0 Å². The average Bonchev–Trinajstić information content (AvgIpc) is 2.88. The summed E-state index contributed by atoms with van der Waals surface area (Å²) in [5, 5.41) is 15.4. The van der Waals surface area contributed by atoms with Gasteiger partial charge in [-0.15, -0.1) is 0 Å². The van der Waals surface area contributed by atoms with Gasteiger partial charge in [-0.25, -0.2) is 0 Å². The highest BCUT2D eigenvalue weighted by atomic mass is 19.4. The number of alkyl halides is 3. The van der Waals surface area contributed by atoms with E-state index in [0.717, 1.165) is 12.1 Å². The zero-order valence-corrected chi connectivity index (χ0v) is 9.53. The van der Waals surface area contributed by atoms with Gasteiger partial charge in [0.2, 0.25) is 0 Å². The monoisotopic (exact) mass is 267 g/mol. The summed E-state index contributed by atoms with van der Waals surface area (Å²) >= 11 is 0.